The Morgan fingerprint density at radius 1 is 0.957 bits per heavy atom. The molecule has 0 saturated heterocycles. The number of aromatic nitrogens is 2. The Hall–Kier alpha value is -2.55. The molecular formula is C20H22N2O. The van der Waals surface area contributed by atoms with Gasteiger partial charge in [0.25, 0.3) is 0 Å². The van der Waals surface area contributed by atoms with Crippen molar-refractivity contribution in [2.75, 3.05) is 0 Å². The Morgan fingerprint density at radius 3 is 2.22 bits per heavy atom. The van der Waals surface area contributed by atoms with E-state index < -0.39 is 0 Å². The van der Waals surface area contributed by atoms with Crippen molar-refractivity contribution in [1.29, 1.82) is 0 Å². The van der Waals surface area contributed by atoms with E-state index in [0.29, 0.717) is 0 Å². The standard InChI is InChI=1S/C20H22N2O/c1-3-15-10-19(23-18-8-6-5-7-9-18)11-16(4-2)20(15)12-17-13-21-14-22-17/h5-11,13-14H,3-4,12H2,1-2H3,(H,21,22). The third-order valence-corrected chi connectivity index (χ3v) is 4.07. The number of aryl methyl sites for hydroxylation is 2. The second-order valence-electron chi connectivity index (χ2n) is 5.60. The van der Waals surface area contributed by atoms with Crippen LogP contribution in [0.15, 0.2) is 55.0 Å². The van der Waals surface area contributed by atoms with Crippen molar-refractivity contribution in [2.45, 2.75) is 33.1 Å². The van der Waals surface area contributed by atoms with Crippen molar-refractivity contribution in [2.24, 2.45) is 0 Å². The summed E-state index contributed by atoms with van der Waals surface area (Å²) in [6.45, 7) is 4.38. The fraction of sp³-hybridized carbons (Fsp3) is 0.250. The van der Waals surface area contributed by atoms with Crippen LogP contribution in [-0.2, 0) is 19.3 Å². The van der Waals surface area contributed by atoms with Gasteiger partial charge in [-0.3, -0.25) is 0 Å². The normalized spacial score (nSPS) is 10.7. The molecule has 1 N–H and O–H groups in total. The molecule has 3 aromatic rings. The fourth-order valence-corrected chi connectivity index (χ4v) is 2.88. The quantitative estimate of drug-likeness (QED) is 0.702. The van der Waals surface area contributed by atoms with Crippen LogP contribution in [0.5, 0.6) is 11.5 Å². The first kappa shape index (κ1) is 15.3. The highest BCUT2D eigenvalue weighted by Gasteiger charge is 2.11. The molecule has 0 aliphatic carbocycles. The lowest BCUT2D eigenvalue weighted by Crippen LogP contribution is -2.02. The summed E-state index contributed by atoms with van der Waals surface area (Å²) in [5.41, 5.74) is 5.21. The minimum Gasteiger partial charge on any atom is -0.457 e. The van der Waals surface area contributed by atoms with Gasteiger partial charge in [0.15, 0.2) is 0 Å². The molecular weight excluding hydrogens is 284 g/mol. The lowest BCUT2D eigenvalue weighted by atomic mass is 9.93. The zero-order chi connectivity index (χ0) is 16.1. The van der Waals surface area contributed by atoms with E-state index in [4.69, 9.17) is 4.74 Å². The fourth-order valence-electron chi connectivity index (χ4n) is 2.88. The minimum absolute atomic E-state index is 0.873. The first-order valence-corrected chi connectivity index (χ1v) is 8.15. The maximum Gasteiger partial charge on any atom is 0.127 e. The minimum atomic E-state index is 0.873. The van der Waals surface area contributed by atoms with Crippen LogP contribution in [-0.4, -0.2) is 9.97 Å². The summed E-state index contributed by atoms with van der Waals surface area (Å²) in [5.74, 6) is 1.79. The Morgan fingerprint density at radius 2 is 1.65 bits per heavy atom. The molecule has 1 aromatic heterocycles. The molecule has 0 radical (unpaired) electrons. The van der Waals surface area contributed by atoms with Crippen LogP contribution in [0.25, 0.3) is 0 Å². The van der Waals surface area contributed by atoms with Crippen molar-refractivity contribution >= 4 is 0 Å². The number of imidazole rings is 1. The lowest BCUT2D eigenvalue weighted by molar-refractivity contribution is 0.481. The average Bonchev–Trinajstić information content (AvgIpc) is 3.10. The highest BCUT2D eigenvalue weighted by Crippen LogP contribution is 2.29. The predicted molar refractivity (Wildman–Crippen MR) is 93.1 cm³/mol. The van der Waals surface area contributed by atoms with Crippen LogP contribution >= 0.6 is 0 Å². The van der Waals surface area contributed by atoms with Crippen LogP contribution in [0.2, 0.25) is 0 Å². The maximum absolute atomic E-state index is 6.03. The van der Waals surface area contributed by atoms with E-state index in [2.05, 4.69) is 35.9 Å². The summed E-state index contributed by atoms with van der Waals surface area (Å²) in [4.78, 5) is 7.32. The van der Waals surface area contributed by atoms with Crippen LogP contribution < -0.4 is 4.74 Å². The zero-order valence-corrected chi connectivity index (χ0v) is 13.7. The highest BCUT2D eigenvalue weighted by atomic mass is 16.5. The molecule has 0 spiro atoms. The van der Waals surface area contributed by atoms with Gasteiger partial charge >= 0.3 is 0 Å². The van der Waals surface area contributed by atoms with Crippen molar-refractivity contribution in [3.8, 4) is 11.5 Å². The summed E-state index contributed by atoms with van der Waals surface area (Å²) in [5, 5.41) is 0. The molecule has 0 saturated carbocycles. The second-order valence-corrected chi connectivity index (χ2v) is 5.60. The summed E-state index contributed by atoms with van der Waals surface area (Å²) in [7, 11) is 0. The van der Waals surface area contributed by atoms with Crippen LogP contribution in [0.4, 0.5) is 0 Å². The van der Waals surface area contributed by atoms with Gasteiger partial charge in [-0.05, 0) is 53.8 Å². The molecule has 3 nitrogen and oxygen atoms in total. The van der Waals surface area contributed by atoms with Gasteiger partial charge in [0.1, 0.15) is 11.5 Å². The Kier molecular flexibility index (Phi) is 4.77. The summed E-state index contributed by atoms with van der Waals surface area (Å²) >= 11 is 0. The molecule has 0 amide bonds. The molecule has 3 rings (SSSR count). The number of benzene rings is 2. The molecule has 0 fully saturated rings. The third-order valence-electron chi connectivity index (χ3n) is 4.07. The molecule has 0 unspecified atom stereocenters. The number of rotatable bonds is 6. The number of hydrogen-bond donors (Lipinski definition) is 1. The van der Waals surface area contributed by atoms with Crippen molar-refractivity contribution in [1.82, 2.24) is 9.97 Å². The number of aromatic amines is 1. The van der Waals surface area contributed by atoms with Crippen LogP contribution in [0, 0.1) is 0 Å². The Bertz CT molecular complexity index is 724. The summed E-state index contributed by atoms with van der Waals surface area (Å²) < 4.78 is 6.03. The Labute approximate surface area is 137 Å². The first-order chi connectivity index (χ1) is 11.3. The van der Waals surface area contributed by atoms with Gasteiger partial charge in [0, 0.05) is 18.3 Å². The molecule has 3 heteroatoms. The molecule has 0 atom stereocenters. The largest absolute Gasteiger partial charge is 0.457 e. The molecule has 1 heterocycles. The third kappa shape index (κ3) is 3.62. The van der Waals surface area contributed by atoms with E-state index in [0.717, 1.165) is 36.5 Å². The van der Waals surface area contributed by atoms with Crippen molar-refractivity contribution in [3.05, 3.63) is 77.4 Å². The van der Waals surface area contributed by atoms with Gasteiger partial charge in [0.2, 0.25) is 0 Å². The van der Waals surface area contributed by atoms with Gasteiger partial charge < -0.3 is 9.72 Å². The lowest BCUT2D eigenvalue weighted by Gasteiger charge is -2.16. The molecule has 0 bridgehead atoms. The number of nitrogens with one attached hydrogen (secondary N) is 1. The molecule has 0 aliphatic rings. The van der Waals surface area contributed by atoms with Crippen molar-refractivity contribution < 1.29 is 4.74 Å². The van der Waals surface area contributed by atoms with Gasteiger partial charge in [-0.2, -0.15) is 0 Å². The van der Waals surface area contributed by atoms with E-state index in [1.165, 1.54) is 16.7 Å². The summed E-state index contributed by atoms with van der Waals surface area (Å²) in [6, 6.07) is 14.3. The van der Waals surface area contributed by atoms with Gasteiger partial charge in [-0.15, -0.1) is 0 Å². The summed E-state index contributed by atoms with van der Waals surface area (Å²) in [6.07, 6.45) is 6.50. The number of ether oxygens (including phenoxy) is 1. The average molecular weight is 306 g/mol. The zero-order valence-electron chi connectivity index (χ0n) is 13.7. The Balaban J connectivity index is 1.94. The topological polar surface area (TPSA) is 37.9 Å². The first-order valence-electron chi connectivity index (χ1n) is 8.15. The SMILES string of the molecule is CCc1cc(Oc2ccccc2)cc(CC)c1Cc1cnc[nH]1. The number of para-hydroxylation sites is 1. The van der Waals surface area contributed by atoms with E-state index in [-0.39, 0.29) is 0 Å². The molecule has 0 aliphatic heterocycles. The van der Waals surface area contributed by atoms with E-state index in [9.17, 15) is 0 Å². The molecule has 23 heavy (non-hydrogen) atoms. The number of hydrogen-bond acceptors (Lipinski definition) is 2. The van der Waals surface area contributed by atoms with E-state index >= 15 is 0 Å². The second kappa shape index (κ2) is 7.14. The van der Waals surface area contributed by atoms with Crippen LogP contribution in [0.3, 0.4) is 0 Å². The number of H-pyrrole nitrogens is 1. The molecule has 2 aromatic carbocycles. The smallest absolute Gasteiger partial charge is 0.127 e. The molecule has 118 valence electrons. The van der Waals surface area contributed by atoms with Crippen LogP contribution in [0.1, 0.15) is 36.2 Å². The van der Waals surface area contributed by atoms with Gasteiger partial charge in [-0.1, -0.05) is 32.0 Å². The number of nitrogens with zero attached hydrogens (tertiary/aromatic N) is 1. The van der Waals surface area contributed by atoms with Crippen molar-refractivity contribution in [3.63, 3.8) is 0 Å². The predicted octanol–water partition coefficient (Wildman–Crippen LogP) is 4.92. The van der Waals surface area contributed by atoms with E-state index in [1.54, 1.807) is 6.33 Å². The highest BCUT2D eigenvalue weighted by molar-refractivity contribution is 5.45. The van der Waals surface area contributed by atoms with Gasteiger partial charge in [0.05, 0.1) is 6.33 Å². The van der Waals surface area contributed by atoms with Gasteiger partial charge in [-0.25, -0.2) is 4.98 Å². The monoisotopic (exact) mass is 306 g/mol. The maximum atomic E-state index is 6.03. The van der Waals surface area contributed by atoms with E-state index in [1.807, 2.05) is 36.5 Å².